The summed E-state index contributed by atoms with van der Waals surface area (Å²) < 4.78 is 7.38. The molecule has 4 nitrogen and oxygen atoms in total. The summed E-state index contributed by atoms with van der Waals surface area (Å²) in [4.78, 5) is 24.3. The number of hydrogen-bond donors (Lipinski definition) is 0. The zero-order chi connectivity index (χ0) is 16.3. The molecule has 0 spiro atoms. The van der Waals surface area contributed by atoms with Gasteiger partial charge in [0.15, 0.2) is 0 Å². The molecule has 0 atom stereocenters. The molecule has 0 bridgehead atoms. The number of esters is 1. The van der Waals surface area contributed by atoms with E-state index in [0.717, 1.165) is 11.3 Å². The number of carbonyl (C=O) groups excluding carboxylic acids is 2. The summed E-state index contributed by atoms with van der Waals surface area (Å²) in [6, 6.07) is 9.22. The Bertz CT molecular complexity index is 701. The van der Waals surface area contributed by atoms with Crippen molar-refractivity contribution in [2.45, 2.75) is 20.3 Å². The Labute approximate surface area is 138 Å². The Kier molecular flexibility index (Phi) is 5.19. The van der Waals surface area contributed by atoms with Crippen LogP contribution in [0.5, 0.6) is 0 Å². The number of ketones is 1. The van der Waals surface area contributed by atoms with Crippen molar-refractivity contribution in [1.29, 1.82) is 0 Å². The molecular weight excluding hydrogens is 346 g/mol. The van der Waals surface area contributed by atoms with Crippen LogP contribution in [0, 0.1) is 6.92 Å². The average Bonchev–Trinajstić information content (AvgIpc) is 2.73. The van der Waals surface area contributed by atoms with Crippen molar-refractivity contribution >= 4 is 27.7 Å². The second-order valence-corrected chi connectivity index (χ2v) is 5.92. The van der Waals surface area contributed by atoms with Crippen molar-refractivity contribution < 1.29 is 14.3 Å². The van der Waals surface area contributed by atoms with Crippen molar-refractivity contribution in [3.8, 4) is 0 Å². The van der Waals surface area contributed by atoms with Gasteiger partial charge in [-0.3, -0.25) is 9.59 Å². The van der Waals surface area contributed by atoms with Gasteiger partial charge in [0.05, 0.1) is 13.0 Å². The molecule has 22 heavy (non-hydrogen) atoms. The first-order chi connectivity index (χ1) is 10.4. The standard InChI is InChI=1S/C17H18BrNO3/c1-4-22-15(20)10-13-9-14(18)16(19(13)3)17(21)12-7-5-11(2)6-8-12/h5-9H,4,10H2,1-3H3. The third-order valence-electron chi connectivity index (χ3n) is 3.45. The van der Waals surface area contributed by atoms with E-state index in [1.54, 1.807) is 24.6 Å². The lowest BCUT2D eigenvalue weighted by Crippen LogP contribution is -2.13. The summed E-state index contributed by atoms with van der Waals surface area (Å²) >= 11 is 3.42. The maximum absolute atomic E-state index is 12.7. The van der Waals surface area contributed by atoms with Crippen LogP contribution >= 0.6 is 15.9 Å². The van der Waals surface area contributed by atoms with E-state index in [4.69, 9.17) is 4.74 Å². The largest absolute Gasteiger partial charge is 0.466 e. The quantitative estimate of drug-likeness (QED) is 0.603. The molecule has 0 aliphatic carbocycles. The van der Waals surface area contributed by atoms with Gasteiger partial charge in [0, 0.05) is 22.8 Å². The highest BCUT2D eigenvalue weighted by Crippen LogP contribution is 2.24. The van der Waals surface area contributed by atoms with E-state index in [9.17, 15) is 9.59 Å². The Morgan fingerprint density at radius 2 is 1.86 bits per heavy atom. The van der Waals surface area contributed by atoms with E-state index < -0.39 is 0 Å². The molecule has 2 aromatic rings. The molecule has 116 valence electrons. The Balaban J connectivity index is 2.31. The van der Waals surface area contributed by atoms with Gasteiger partial charge in [0.25, 0.3) is 0 Å². The van der Waals surface area contributed by atoms with Crippen molar-refractivity contribution in [2.75, 3.05) is 6.61 Å². The second kappa shape index (κ2) is 6.92. The highest BCUT2D eigenvalue weighted by molar-refractivity contribution is 9.10. The fraction of sp³-hybridized carbons (Fsp3) is 0.294. The summed E-state index contributed by atoms with van der Waals surface area (Å²) in [5.41, 5.74) is 2.99. The molecule has 0 saturated carbocycles. The van der Waals surface area contributed by atoms with Crippen molar-refractivity contribution in [3.63, 3.8) is 0 Å². The van der Waals surface area contributed by atoms with Gasteiger partial charge in [-0.1, -0.05) is 29.8 Å². The third kappa shape index (κ3) is 3.47. The maximum Gasteiger partial charge on any atom is 0.311 e. The summed E-state index contributed by atoms with van der Waals surface area (Å²) in [6.07, 6.45) is 0.143. The number of rotatable bonds is 5. The minimum atomic E-state index is -0.301. The number of aryl methyl sites for hydroxylation is 1. The first kappa shape index (κ1) is 16.5. The number of aromatic nitrogens is 1. The van der Waals surface area contributed by atoms with E-state index >= 15 is 0 Å². The fourth-order valence-electron chi connectivity index (χ4n) is 2.25. The van der Waals surface area contributed by atoms with Crippen LogP contribution in [-0.4, -0.2) is 22.9 Å². The molecule has 0 fully saturated rings. The van der Waals surface area contributed by atoms with Crippen molar-refractivity contribution in [2.24, 2.45) is 7.05 Å². The third-order valence-corrected chi connectivity index (χ3v) is 4.05. The summed E-state index contributed by atoms with van der Waals surface area (Å²) in [7, 11) is 1.78. The molecule has 1 aromatic carbocycles. The smallest absolute Gasteiger partial charge is 0.311 e. The number of benzene rings is 1. The van der Waals surface area contributed by atoms with Gasteiger partial charge in [0.1, 0.15) is 5.69 Å². The number of halogens is 1. The molecule has 5 heteroatoms. The number of hydrogen-bond acceptors (Lipinski definition) is 3. The summed E-state index contributed by atoms with van der Waals surface area (Å²) in [5.74, 6) is -0.380. The zero-order valence-electron chi connectivity index (χ0n) is 12.9. The van der Waals surface area contributed by atoms with Crippen LogP contribution in [0.4, 0.5) is 0 Å². The van der Waals surface area contributed by atoms with Gasteiger partial charge in [-0.15, -0.1) is 0 Å². The zero-order valence-corrected chi connectivity index (χ0v) is 14.4. The van der Waals surface area contributed by atoms with Crippen LogP contribution in [0.3, 0.4) is 0 Å². The predicted octanol–water partition coefficient (Wildman–Crippen LogP) is 3.43. The van der Waals surface area contributed by atoms with Crippen LogP contribution in [0.1, 0.15) is 34.2 Å². The molecule has 0 aliphatic heterocycles. The topological polar surface area (TPSA) is 48.3 Å². The second-order valence-electron chi connectivity index (χ2n) is 5.07. The van der Waals surface area contributed by atoms with E-state index in [2.05, 4.69) is 15.9 Å². The first-order valence-corrected chi connectivity index (χ1v) is 7.84. The van der Waals surface area contributed by atoms with Gasteiger partial charge < -0.3 is 9.30 Å². The lowest BCUT2D eigenvalue weighted by Gasteiger charge is -2.08. The Hall–Kier alpha value is -1.88. The SMILES string of the molecule is CCOC(=O)Cc1cc(Br)c(C(=O)c2ccc(C)cc2)n1C. The van der Waals surface area contributed by atoms with Crippen LogP contribution in [0.25, 0.3) is 0 Å². The predicted molar refractivity (Wildman–Crippen MR) is 88.1 cm³/mol. The van der Waals surface area contributed by atoms with E-state index in [1.807, 2.05) is 31.2 Å². The van der Waals surface area contributed by atoms with Gasteiger partial charge in [-0.2, -0.15) is 0 Å². The highest BCUT2D eigenvalue weighted by Gasteiger charge is 2.20. The number of nitrogens with zero attached hydrogens (tertiary/aromatic N) is 1. The van der Waals surface area contributed by atoms with Gasteiger partial charge >= 0.3 is 5.97 Å². The van der Waals surface area contributed by atoms with Crippen LogP contribution in [-0.2, 0) is 23.0 Å². The molecule has 1 aromatic heterocycles. The van der Waals surface area contributed by atoms with Crippen LogP contribution < -0.4 is 0 Å². The summed E-state index contributed by atoms with van der Waals surface area (Å²) in [5, 5.41) is 0. The average molecular weight is 364 g/mol. The molecule has 2 rings (SSSR count). The lowest BCUT2D eigenvalue weighted by atomic mass is 10.1. The van der Waals surface area contributed by atoms with E-state index in [-0.39, 0.29) is 18.2 Å². The molecule has 0 amide bonds. The number of ether oxygens (including phenoxy) is 1. The van der Waals surface area contributed by atoms with Gasteiger partial charge in [0.2, 0.25) is 5.78 Å². The lowest BCUT2D eigenvalue weighted by molar-refractivity contribution is -0.142. The maximum atomic E-state index is 12.7. The molecule has 0 aliphatic rings. The van der Waals surface area contributed by atoms with Crippen molar-refractivity contribution in [3.05, 3.63) is 57.3 Å². The molecule has 0 radical (unpaired) electrons. The number of carbonyl (C=O) groups is 2. The molecule has 0 saturated heterocycles. The minimum absolute atomic E-state index is 0.0792. The fourth-order valence-corrected chi connectivity index (χ4v) is 2.96. The summed E-state index contributed by atoms with van der Waals surface area (Å²) in [6.45, 7) is 4.09. The molecule has 0 N–H and O–H groups in total. The van der Waals surface area contributed by atoms with Crippen LogP contribution in [0.2, 0.25) is 0 Å². The molecule has 1 heterocycles. The van der Waals surface area contributed by atoms with E-state index in [0.29, 0.717) is 22.3 Å². The first-order valence-electron chi connectivity index (χ1n) is 7.05. The monoisotopic (exact) mass is 363 g/mol. The normalized spacial score (nSPS) is 10.5. The molecular formula is C17H18BrNO3. The minimum Gasteiger partial charge on any atom is -0.466 e. The van der Waals surface area contributed by atoms with Gasteiger partial charge in [-0.05, 0) is 35.8 Å². The molecule has 0 unspecified atom stereocenters. The van der Waals surface area contributed by atoms with Crippen molar-refractivity contribution in [1.82, 2.24) is 4.57 Å². The van der Waals surface area contributed by atoms with Gasteiger partial charge in [-0.25, -0.2) is 0 Å². The van der Waals surface area contributed by atoms with E-state index in [1.165, 1.54) is 0 Å². The Morgan fingerprint density at radius 3 is 2.45 bits per heavy atom. The Morgan fingerprint density at radius 1 is 1.23 bits per heavy atom. The highest BCUT2D eigenvalue weighted by atomic mass is 79.9. The van der Waals surface area contributed by atoms with Crippen LogP contribution in [0.15, 0.2) is 34.8 Å².